The van der Waals surface area contributed by atoms with Crippen LogP contribution < -0.4 is 4.74 Å². The van der Waals surface area contributed by atoms with Gasteiger partial charge in [0.2, 0.25) is 0 Å². The third-order valence-corrected chi connectivity index (χ3v) is 5.66. The highest BCUT2D eigenvalue weighted by Crippen LogP contribution is 2.34. The van der Waals surface area contributed by atoms with Crippen molar-refractivity contribution in [2.75, 3.05) is 0 Å². The summed E-state index contributed by atoms with van der Waals surface area (Å²) in [7, 11) is 0. The van der Waals surface area contributed by atoms with Gasteiger partial charge in [0.15, 0.2) is 0 Å². The number of carbonyl (C=O) groups excluding carboxylic acids is 3. The topological polar surface area (TPSA) is 78.9 Å². The van der Waals surface area contributed by atoms with Gasteiger partial charge in [-0.2, -0.15) is 0 Å². The van der Waals surface area contributed by atoms with Crippen molar-refractivity contribution in [3.05, 3.63) is 53.1 Å². The van der Waals surface area contributed by atoms with Crippen LogP contribution in [0, 0.1) is 5.41 Å². The summed E-state index contributed by atoms with van der Waals surface area (Å²) in [5.41, 5.74) is 2.19. The van der Waals surface area contributed by atoms with Gasteiger partial charge in [-0.25, -0.2) is 4.79 Å². The van der Waals surface area contributed by atoms with Crippen LogP contribution in [0.15, 0.2) is 47.6 Å². The van der Waals surface area contributed by atoms with Gasteiger partial charge in [-0.3, -0.25) is 9.59 Å². The number of hydrogen-bond acceptors (Lipinski definition) is 6. The standard InChI is InChI=1S/C26H34O6/c1-17-8-7-15-26(5,6)24(31-20(4)28)16-18(2)23(14-9-17)32-25(29)21-10-12-22(13-11-21)30-19(3)27/h9-13,16,23-24H,7-8,14-15H2,1-6H3/b17-9+,18-16+. The number of allylic oxidation sites excluding steroid dienone is 1. The van der Waals surface area contributed by atoms with Crippen LogP contribution in [-0.4, -0.2) is 30.1 Å². The van der Waals surface area contributed by atoms with Gasteiger partial charge >= 0.3 is 17.9 Å². The first-order valence-electron chi connectivity index (χ1n) is 11.0. The Morgan fingerprint density at radius 2 is 1.62 bits per heavy atom. The van der Waals surface area contributed by atoms with E-state index in [0.29, 0.717) is 17.7 Å². The van der Waals surface area contributed by atoms with E-state index in [2.05, 4.69) is 26.8 Å². The summed E-state index contributed by atoms with van der Waals surface area (Å²) in [6.07, 6.45) is 6.49. The molecule has 1 aliphatic carbocycles. The van der Waals surface area contributed by atoms with Crippen LogP contribution in [0.4, 0.5) is 0 Å². The smallest absolute Gasteiger partial charge is 0.338 e. The van der Waals surface area contributed by atoms with E-state index in [-0.39, 0.29) is 11.4 Å². The van der Waals surface area contributed by atoms with Crippen molar-refractivity contribution in [1.82, 2.24) is 0 Å². The highest BCUT2D eigenvalue weighted by molar-refractivity contribution is 5.89. The van der Waals surface area contributed by atoms with Gasteiger partial charge in [-0.1, -0.05) is 25.5 Å². The minimum atomic E-state index is -0.488. The lowest BCUT2D eigenvalue weighted by Gasteiger charge is -2.32. The Balaban J connectivity index is 2.29. The number of benzene rings is 1. The number of ether oxygens (including phenoxy) is 3. The van der Waals surface area contributed by atoms with E-state index in [9.17, 15) is 14.4 Å². The quantitative estimate of drug-likeness (QED) is 0.345. The first-order chi connectivity index (χ1) is 15.0. The average Bonchev–Trinajstić information content (AvgIpc) is 2.70. The Hall–Kier alpha value is -2.89. The molecule has 0 spiro atoms. The zero-order chi connectivity index (χ0) is 23.9. The molecular formula is C26H34O6. The van der Waals surface area contributed by atoms with Gasteiger partial charge in [-0.15, -0.1) is 0 Å². The highest BCUT2D eigenvalue weighted by Gasteiger charge is 2.32. The molecule has 0 aromatic heterocycles. The zero-order valence-corrected chi connectivity index (χ0v) is 19.9. The number of carbonyl (C=O) groups is 3. The molecule has 1 aromatic carbocycles. The summed E-state index contributed by atoms with van der Waals surface area (Å²) in [6.45, 7) is 10.9. The maximum Gasteiger partial charge on any atom is 0.338 e. The van der Waals surface area contributed by atoms with Crippen LogP contribution in [0.2, 0.25) is 0 Å². The molecule has 0 fully saturated rings. The second-order valence-corrected chi connectivity index (χ2v) is 9.08. The zero-order valence-electron chi connectivity index (χ0n) is 19.9. The van der Waals surface area contributed by atoms with E-state index in [0.717, 1.165) is 24.8 Å². The molecule has 2 atom stereocenters. The average molecular weight is 443 g/mol. The minimum Gasteiger partial charge on any atom is -0.458 e. The molecule has 0 amide bonds. The van der Waals surface area contributed by atoms with E-state index in [4.69, 9.17) is 14.2 Å². The second kappa shape index (κ2) is 11.1. The fourth-order valence-corrected chi connectivity index (χ4v) is 3.67. The van der Waals surface area contributed by atoms with Crippen molar-refractivity contribution in [2.24, 2.45) is 5.41 Å². The Bertz CT molecular complexity index is 891. The second-order valence-electron chi connectivity index (χ2n) is 9.08. The fraction of sp³-hybridized carbons (Fsp3) is 0.500. The molecule has 2 unspecified atom stereocenters. The molecule has 0 saturated heterocycles. The molecule has 0 radical (unpaired) electrons. The van der Waals surface area contributed by atoms with Crippen molar-refractivity contribution in [3.8, 4) is 5.75 Å². The largest absolute Gasteiger partial charge is 0.458 e. The molecule has 0 N–H and O–H groups in total. The van der Waals surface area contributed by atoms with Crippen LogP contribution in [0.25, 0.3) is 0 Å². The predicted octanol–water partition coefficient (Wildman–Crippen LogP) is 5.56. The Kier molecular flexibility index (Phi) is 8.81. The first-order valence-corrected chi connectivity index (χ1v) is 11.0. The molecule has 6 heteroatoms. The molecule has 0 bridgehead atoms. The summed E-state index contributed by atoms with van der Waals surface area (Å²) in [6, 6.07) is 6.25. The number of hydrogen-bond donors (Lipinski definition) is 0. The molecule has 32 heavy (non-hydrogen) atoms. The lowest BCUT2D eigenvalue weighted by molar-refractivity contribution is -0.149. The molecule has 1 aromatic rings. The molecular weight excluding hydrogens is 408 g/mol. The number of rotatable bonds is 4. The van der Waals surface area contributed by atoms with Gasteiger partial charge in [0.05, 0.1) is 5.56 Å². The fourth-order valence-electron chi connectivity index (χ4n) is 3.67. The molecule has 174 valence electrons. The Morgan fingerprint density at radius 3 is 2.22 bits per heavy atom. The van der Waals surface area contributed by atoms with E-state index >= 15 is 0 Å². The molecule has 6 nitrogen and oxygen atoms in total. The third kappa shape index (κ3) is 7.66. The van der Waals surface area contributed by atoms with E-state index in [1.54, 1.807) is 24.3 Å². The van der Waals surface area contributed by atoms with Crippen LogP contribution in [0.1, 0.15) is 77.6 Å². The first kappa shape index (κ1) is 25.4. The van der Waals surface area contributed by atoms with Crippen LogP contribution in [0.5, 0.6) is 5.75 Å². The van der Waals surface area contributed by atoms with Crippen molar-refractivity contribution in [2.45, 2.75) is 79.4 Å². The summed E-state index contributed by atoms with van der Waals surface area (Å²) in [5, 5.41) is 0. The van der Waals surface area contributed by atoms with Gasteiger partial charge in [0.1, 0.15) is 18.0 Å². The maximum atomic E-state index is 12.8. The molecule has 0 aliphatic heterocycles. The summed E-state index contributed by atoms with van der Waals surface area (Å²) in [5.74, 6) is -0.866. The van der Waals surface area contributed by atoms with Crippen LogP contribution in [0.3, 0.4) is 0 Å². The highest BCUT2D eigenvalue weighted by atomic mass is 16.6. The number of esters is 3. The molecule has 1 aliphatic rings. The SMILES string of the molecule is CC(=O)Oc1ccc(C(=O)OC2C/C=C(\C)CCCC(C)(C)C(OC(C)=O)/C=C/2C)cc1. The van der Waals surface area contributed by atoms with E-state index in [1.165, 1.54) is 19.4 Å². The van der Waals surface area contributed by atoms with Gasteiger partial charge in [0, 0.05) is 25.7 Å². The monoisotopic (exact) mass is 442 g/mol. The third-order valence-electron chi connectivity index (χ3n) is 5.66. The molecule has 0 saturated carbocycles. The van der Waals surface area contributed by atoms with Crippen LogP contribution in [-0.2, 0) is 19.1 Å². The lowest BCUT2D eigenvalue weighted by Crippen LogP contribution is -2.33. The summed E-state index contributed by atoms with van der Waals surface area (Å²) >= 11 is 0. The maximum absolute atomic E-state index is 12.8. The normalized spacial score (nSPS) is 24.6. The lowest BCUT2D eigenvalue weighted by atomic mass is 9.80. The van der Waals surface area contributed by atoms with Crippen molar-refractivity contribution in [3.63, 3.8) is 0 Å². The molecule has 0 heterocycles. The van der Waals surface area contributed by atoms with Crippen LogP contribution >= 0.6 is 0 Å². The van der Waals surface area contributed by atoms with Crippen molar-refractivity contribution >= 4 is 17.9 Å². The summed E-state index contributed by atoms with van der Waals surface area (Å²) in [4.78, 5) is 35.6. The van der Waals surface area contributed by atoms with Crippen molar-refractivity contribution in [1.29, 1.82) is 0 Å². The summed E-state index contributed by atoms with van der Waals surface area (Å²) < 4.78 is 16.5. The minimum absolute atomic E-state index is 0.251. The van der Waals surface area contributed by atoms with Crippen molar-refractivity contribution < 1.29 is 28.6 Å². The van der Waals surface area contributed by atoms with E-state index in [1.807, 2.05) is 13.0 Å². The van der Waals surface area contributed by atoms with Gasteiger partial charge < -0.3 is 14.2 Å². The molecule has 2 rings (SSSR count). The van der Waals surface area contributed by atoms with Gasteiger partial charge in [0.25, 0.3) is 0 Å². The van der Waals surface area contributed by atoms with E-state index < -0.39 is 24.1 Å². The Morgan fingerprint density at radius 1 is 0.969 bits per heavy atom. The predicted molar refractivity (Wildman–Crippen MR) is 122 cm³/mol. The van der Waals surface area contributed by atoms with Gasteiger partial charge in [-0.05, 0) is 69.0 Å². The Labute approximate surface area is 190 Å².